The molecule has 0 atom stereocenters. The lowest BCUT2D eigenvalue weighted by atomic mass is 10.4. The maximum absolute atomic E-state index is 6.46. The van der Waals surface area contributed by atoms with E-state index >= 15 is 0 Å². The molecule has 0 unspecified atom stereocenters. The smallest absolute Gasteiger partial charge is 0.324 e. The normalized spacial score (nSPS) is 17.9. The van der Waals surface area contributed by atoms with Gasteiger partial charge in [-0.1, -0.05) is 19.6 Å². The van der Waals surface area contributed by atoms with Gasteiger partial charge in [-0.05, 0) is 68.2 Å². The second kappa shape index (κ2) is 8.26. The fourth-order valence-electron chi connectivity index (χ4n) is 2.59. The van der Waals surface area contributed by atoms with Gasteiger partial charge in [0.05, 0.1) is 0 Å². The molecule has 0 saturated carbocycles. The van der Waals surface area contributed by atoms with Crippen LogP contribution in [0.4, 0.5) is 0 Å². The Bertz CT molecular complexity index is 252. The lowest BCUT2D eigenvalue weighted by molar-refractivity contribution is 0.407. The molecular weight excluding hydrogens is 304 g/mol. The average molecular weight is 339 g/mol. The van der Waals surface area contributed by atoms with Crippen LogP contribution >= 0.6 is 11.1 Å². The molecule has 20 heavy (non-hydrogen) atoms. The molecule has 1 rings (SSSR count). The van der Waals surface area contributed by atoms with Crippen LogP contribution in [0.5, 0.6) is 0 Å². The predicted octanol–water partition coefficient (Wildman–Crippen LogP) is 2.26. The lowest BCUT2D eigenvalue weighted by Gasteiger charge is -2.40. The molecule has 1 aliphatic heterocycles. The zero-order valence-corrected chi connectivity index (χ0v) is 17.8. The number of halogens is 1. The van der Waals surface area contributed by atoms with Gasteiger partial charge < -0.3 is 4.57 Å². The molecule has 0 aromatic heterocycles. The lowest BCUT2D eigenvalue weighted by Crippen LogP contribution is -2.65. The Labute approximate surface area is 133 Å². The third-order valence-corrected chi connectivity index (χ3v) is 12.6. The molecule has 1 fully saturated rings. The number of nitrogens with zero attached hydrogens (tertiary/aromatic N) is 4. The first kappa shape index (κ1) is 20.6. The number of hydrogen-bond donors (Lipinski definition) is 0. The summed E-state index contributed by atoms with van der Waals surface area (Å²) in [5, 5.41) is 0. The van der Waals surface area contributed by atoms with Crippen molar-refractivity contribution in [2.45, 2.75) is 32.5 Å². The molecule has 0 amide bonds. The molecule has 1 heterocycles. The summed E-state index contributed by atoms with van der Waals surface area (Å²) in [6.07, 6.45) is 2.87. The summed E-state index contributed by atoms with van der Waals surface area (Å²) in [5.74, 6) is 0. The third kappa shape index (κ3) is 5.75. The summed E-state index contributed by atoms with van der Waals surface area (Å²) in [6.45, 7) is 10.0. The summed E-state index contributed by atoms with van der Waals surface area (Å²) < 4.78 is 8.96. The second-order valence-electron chi connectivity index (χ2n) is 7.10. The van der Waals surface area contributed by atoms with Gasteiger partial charge in [-0.2, -0.15) is 0 Å². The van der Waals surface area contributed by atoms with Gasteiger partial charge in [0.2, 0.25) is 0 Å². The Balaban J connectivity index is 0.000000367. The number of hydrogen-bond acceptors (Lipinski definition) is 4. The maximum Gasteiger partial charge on any atom is 0.391 e. The molecule has 1 aliphatic rings. The van der Waals surface area contributed by atoms with Gasteiger partial charge in [0.15, 0.2) is 0 Å². The highest BCUT2D eigenvalue weighted by Gasteiger charge is 2.40. The molecule has 122 valence electrons. The van der Waals surface area contributed by atoms with Gasteiger partial charge in [0.25, 0.3) is 0 Å². The Kier molecular flexibility index (Phi) is 8.50. The van der Waals surface area contributed by atoms with Crippen molar-refractivity contribution in [1.29, 1.82) is 0 Å². The van der Waals surface area contributed by atoms with Crippen LogP contribution in [-0.4, -0.2) is 89.7 Å². The van der Waals surface area contributed by atoms with Crippen LogP contribution in [0.15, 0.2) is 0 Å². The van der Waals surface area contributed by atoms with Crippen LogP contribution in [0.1, 0.15) is 12.8 Å². The molecule has 1 saturated heterocycles. The van der Waals surface area contributed by atoms with Gasteiger partial charge in [-0.15, -0.1) is 11.1 Å². The highest BCUT2D eigenvalue weighted by Crippen LogP contribution is 2.17. The molecular formula is C13H35ClN4Si2. The molecule has 7 heteroatoms. The van der Waals surface area contributed by atoms with Crippen molar-refractivity contribution < 1.29 is 0 Å². The first-order valence-corrected chi connectivity index (χ1v) is 13.7. The SMILES string of the molecule is CN(C)[Si](Cl)(N(C)C)N(C)C.C[Si](C)(C)N1CCCC1. The standard InChI is InChI=1S/C7H17NSi.C6H18ClN3Si/c1-9(2,3)8-6-4-5-7-8;1-8(2)11(7,9(3)4)10(5)6/h4-7H2,1-3H3;1-6H3. The van der Waals surface area contributed by atoms with E-state index in [2.05, 4.69) is 37.9 Å². The van der Waals surface area contributed by atoms with Crippen LogP contribution in [0, 0.1) is 0 Å². The Morgan fingerprint density at radius 1 is 0.750 bits per heavy atom. The van der Waals surface area contributed by atoms with Crippen molar-refractivity contribution in [3.05, 3.63) is 0 Å². The minimum Gasteiger partial charge on any atom is -0.324 e. The maximum atomic E-state index is 6.46. The van der Waals surface area contributed by atoms with Gasteiger partial charge in [-0.25, -0.2) is 0 Å². The molecule has 0 aliphatic carbocycles. The largest absolute Gasteiger partial charge is 0.391 e. The van der Waals surface area contributed by atoms with Gasteiger partial charge in [-0.3, -0.25) is 13.7 Å². The van der Waals surface area contributed by atoms with E-state index in [4.69, 9.17) is 11.1 Å². The van der Waals surface area contributed by atoms with E-state index in [0.717, 1.165) is 0 Å². The third-order valence-electron chi connectivity index (χ3n) is 3.76. The van der Waals surface area contributed by atoms with Crippen molar-refractivity contribution in [2.75, 3.05) is 55.4 Å². The van der Waals surface area contributed by atoms with E-state index < -0.39 is 16.1 Å². The van der Waals surface area contributed by atoms with Crippen molar-refractivity contribution in [3.8, 4) is 0 Å². The molecule has 0 radical (unpaired) electrons. The summed E-state index contributed by atoms with van der Waals surface area (Å²) in [7, 11) is 9.18. The van der Waals surface area contributed by atoms with Gasteiger partial charge >= 0.3 is 7.87 Å². The van der Waals surface area contributed by atoms with Crippen LogP contribution in [0.2, 0.25) is 19.6 Å². The summed E-state index contributed by atoms with van der Waals surface area (Å²) >= 11 is 6.46. The van der Waals surface area contributed by atoms with Crippen molar-refractivity contribution in [1.82, 2.24) is 18.3 Å². The highest BCUT2D eigenvalue weighted by atomic mass is 35.6. The molecule has 0 spiro atoms. The minimum absolute atomic E-state index is 0.891. The van der Waals surface area contributed by atoms with E-state index in [1.807, 2.05) is 42.3 Å². The van der Waals surface area contributed by atoms with Crippen LogP contribution in [0.25, 0.3) is 0 Å². The van der Waals surface area contributed by atoms with Gasteiger partial charge in [0.1, 0.15) is 8.24 Å². The molecule has 0 N–H and O–H groups in total. The highest BCUT2D eigenvalue weighted by molar-refractivity contribution is 7.15. The van der Waals surface area contributed by atoms with E-state index in [-0.39, 0.29) is 0 Å². The van der Waals surface area contributed by atoms with E-state index in [1.165, 1.54) is 25.9 Å². The molecule has 0 aromatic rings. The summed E-state index contributed by atoms with van der Waals surface area (Å²) in [4.78, 5) is 0. The predicted molar refractivity (Wildman–Crippen MR) is 96.8 cm³/mol. The second-order valence-corrected chi connectivity index (χ2v) is 17.4. The first-order chi connectivity index (χ1) is 8.94. The van der Waals surface area contributed by atoms with E-state index in [0.29, 0.717) is 0 Å². The van der Waals surface area contributed by atoms with Crippen molar-refractivity contribution in [2.24, 2.45) is 0 Å². The van der Waals surface area contributed by atoms with Crippen LogP contribution in [-0.2, 0) is 0 Å². The molecule has 0 bridgehead atoms. The number of rotatable bonds is 4. The minimum atomic E-state index is -2.01. The zero-order valence-electron chi connectivity index (χ0n) is 15.0. The Morgan fingerprint density at radius 3 is 1.15 bits per heavy atom. The summed E-state index contributed by atoms with van der Waals surface area (Å²) in [5.41, 5.74) is 0. The Morgan fingerprint density at radius 2 is 1.05 bits per heavy atom. The van der Waals surface area contributed by atoms with Gasteiger partial charge in [0, 0.05) is 0 Å². The molecule has 4 nitrogen and oxygen atoms in total. The van der Waals surface area contributed by atoms with Crippen LogP contribution < -0.4 is 0 Å². The van der Waals surface area contributed by atoms with Crippen molar-refractivity contribution >= 4 is 27.2 Å². The monoisotopic (exact) mass is 338 g/mol. The first-order valence-electron chi connectivity index (χ1n) is 7.40. The topological polar surface area (TPSA) is 13.0 Å². The quantitative estimate of drug-likeness (QED) is 0.575. The molecule has 0 aromatic carbocycles. The fraction of sp³-hybridized carbons (Fsp3) is 1.00. The average Bonchev–Trinajstić information content (AvgIpc) is 2.80. The summed E-state index contributed by atoms with van der Waals surface area (Å²) in [6, 6.07) is 0. The van der Waals surface area contributed by atoms with E-state index in [9.17, 15) is 0 Å². The van der Waals surface area contributed by atoms with Crippen LogP contribution in [0.3, 0.4) is 0 Å². The zero-order chi connectivity index (χ0) is 16.1. The fourth-order valence-corrected chi connectivity index (χ4v) is 6.65. The van der Waals surface area contributed by atoms with Crippen molar-refractivity contribution in [3.63, 3.8) is 0 Å². The Hall–Kier alpha value is 0.564. The van der Waals surface area contributed by atoms with E-state index in [1.54, 1.807) is 0 Å².